The number of nitrogens with zero attached hydrogens (tertiary/aromatic N) is 1. The molecular weight excluding hydrogens is 313 g/mol. The molecule has 0 saturated heterocycles. The summed E-state index contributed by atoms with van der Waals surface area (Å²) in [6.07, 6.45) is 5.11. The number of pyridine rings is 1. The first-order valence-corrected chi connectivity index (χ1v) is 9.00. The van der Waals surface area contributed by atoms with Crippen molar-refractivity contribution >= 4 is 6.08 Å². The molecule has 1 aromatic carbocycles. The lowest BCUT2D eigenvalue weighted by Gasteiger charge is -2.22. The van der Waals surface area contributed by atoms with Crippen molar-refractivity contribution in [2.24, 2.45) is 0 Å². The summed E-state index contributed by atoms with van der Waals surface area (Å²) >= 11 is 0. The normalized spacial score (nSPS) is 11.9. The van der Waals surface area contributed by atoms with Gasteiger partial charge in [-0.05, 0) is 41.5 Å². The maximum absolute atomic E-state index is 13.4. The lowest BCUT2D eigenvalue weighted by molar-refractivity contribution is 0.280. The molecule has 0 fully saturated rings. The zero-order chi connectivity index (χ0) is 18.6. The maximum atomic E-state index is 13.4. The van der Waals surface area contributed by atoms with Crippen LogP contribution in [-0.2, 0) is 6.61 Å². The van der Waals surface area contributed by atoms with Crippen molar-refractivity contribution in [3.63, 3.8) is 0 Å². The molecule has 3 heteroatoms. The van der Waals surface area contributed by atoms with Crippen molar-refractivity contribution in [2.75, 3.05) is 0 Å². The van der Waals surface area contributed by atoms with Crippen LogP contribution in [0.25, 0.3) is 17.2 Å². The quantitative estimate of drug-likeness (QED) is 0.694. The van der Waals surface area contributed by atoms with Crippen LogP contribution in [0.5, 0.6) is 0 Å². The van der Waals surface area contributed by atoms with Crippen LogP contribution in [-0.4, -0.2) is 10.1 Å². The number of benzene rings is 1. The van der Waals surface area contributed by atoms with Crippen LogP contribution in [0.1, 0.15) is 75.4 Å². The number of allylic oxidation sites excluding steroid dienone is 1. The van der Waals surface area contributed by atoms with E-state index in [2.05, 4.69) is 46.8 Å². The Balaban J connectivity index is 2.91. The minimum atomic E-state index is -0.262. The summed E-state index contributed by atoms with van der Waals surface area (Å²) < 4.78 is 13.4. The molecular formula is C22H28FNO. The van der Waals surface area contributed by atoms with Gasteiger partial charge in [-0.3, -0.25) is 4.98 Å². The van der Waals surface area contributed by atoms with Gasteiger partial charge in [0.05, 0.1) is 12.3 Å². The van der Waals surface area contributed by atoms with E-state index in [-0.39, 0.29) is 24.3 Å². The van der Waals surface area contributed by atoms with Gasteiger partial charge in [-0.2, -0.15) is 0 Å². The highest BCUT2D eigenvalue weighted by Gasteiger charge is 2.22. The van der Waals surface area contributed by atoms with Gasteiger partial charge in [-0.15, -0.1) is 0 Å². The lowest BCUT2D eigenvalue weighted by atomic mass is 9.87. The van der Waals surface area contributed by atoms with Gasteiger partial charge in [0.2, 0.25) is 0 Å². The predicted molar refractivity (Wildman–Crippen MR) is 103 cm³/mol. The molecule has 1 heterocycles. The Morgan fingerprint density at radius 1 is 1.04 bits per heavy atom. The summed E-state index contributed by atoms with van der Waals surface area (Å²) in [5.74, 6) is 0.186. The van der Waals surface area contributed by atoms with Crippen LogP contribution in [0.3, 0.4) is 0 Å². The van der Waals surface area contributed by atoms with Crippen LogP contribution < -0.4 is 0 Å². The van der Waals surface area contributed by atoms with E-state index in [1.165, 1.54) is 12.1 Å². The van der Waals surface area contributed by atoms with E-state index < -0.39 is 0 Å². The molecule has 0 radical (unpaired) electrons. The van der Waals surface area contributed by atoms with Crippen LogP contribution in [0, 0.1) is 5.82 Å². The second kappa shape index (κ2) is 8.39. The molecule has 0 saturated carbocycles. The summed E-state index contributed by atoms with van der Waals surface area (Å²) in [5, 5.41) is 10.1. The summed E-state index contributed by atoms with van der Waals surface area (Å²) in [4.78, 5) is 4.91. The average Bonchev–Trinajstić information content (AvgIpc) is 2.58. The van der Waals surface area contributed by atoms with E-state index in [9.17, 15) is 9.50 Å². The highest BCUT2D eigenvalue weighted by molar-refractivity contribution is 5.80. The van der Waals surface area contributed by atoms with Gasteiger partial charge < -0.3 is 5.11 Å². The van der Waals surface area contributed by atoms with Crippen molar-refractivity contribution < 1.29 is 9.50 Å². The molecule has 0 unspecified atom stereocenters. The highest BCUT2D eigenvalue weighted by Crippen LogP contribution is 2.37. The molecule has 1 aromatic heterocycles. The third-order valence-corrected chi connectivity index (χ3v) is 4.30. The Morgan fingerprint density at radius 2 is 1.64 bits per heavy atom. The molecule has 0 spiro atoms. The van der Waals surface area contributed by atoms with E-state index in [0.717, 1.165) is 40.1 Å². The van der Waals surface area contributed by atoms with Gasteiger partial charge >= 0.3 is 0 Å². The van der Waals surface area contributed by atoms with Gasteiger partial charge in [0, 0.05) is 16.8 Å². The third kappa shape index (κ3) is 4.16. The van der Waals surface area contributed by atoms with Crippen molar-refractivity contribution in [3.8, 4) is 11.1 Å². The van der Waals surface area contributed by atoms with E-state index in [1.54, 1.807) is 12.1 Å². The number of aromatic nitrogens is 1. The Labute approximate surface area is 150 Å². The molecule has 0 aliphatic rings. The fraction of sp³-hybridized carbons (Fsp3) is 0.409. The van der Waals surface area contributed by atoms with E-state index >= 15 is 0 Å². The maximum Gasteiger partial charge on any atom is 0.123 e. The van der Waals surface area contributed by atoms with E-state index in [1.807, 2.05) is 0 Å². The number of aliphatic hydroxyl groups is 1. The topological polar surface area (TPSA) is 33.1 Å². The molecule has 0 amide bonds. The summed E-state index contributed by atoms with van der Waals surface area (Å²) in [5.41, 5.74) is 5.67. The summed E-state index contributed by atoms with van der Waals surface area (Å²) in [6, 6.07) is 6.49. The largest absolute Gasteiger partial charge is 0.392 e. The molecule has 1 N–H and O–H groups in total. The van der Waals surface area contributed by atoms with Gasteiger partial charge in [0.1, 0.15) is 5.82 Å². The molecule has 0 bridgehead atoms. The van der Waals surface area contributed by atoms with Gasteiger partial charge in [0.15, 0.2) is 0 Å². The zero-order valence-electron chi connectivity index (χ0n) is 15.8. The van der Waals surface area contributed by atoms with Crippen LogP contribution in [0.4, 0.5) is 4.39 Å². The van der Waals surface area contributed by atoms with Crippen LogP contribution in [0.2, 0.25) is 0 Å². The zero-order valence-corrected chi connectivity index (χ0v) is 15.8. The molecule has 25 heavy (non-hydrogen) atoms. The number of rotatable bonds is 6. The Kier molecular flexibility index (Phi) is 6.49. The molecule has 2 rings (SSSR count). The van der Waals surface area contributed by atoms with Gasteiger partial charge in [-0.25, -0.2) is 4.39 Å². The summed E-state index contributed by atoms with van der Waals surface area (Å²) in [6.45, 7) is 10.4. The van der Waals surface area contributed by atoms with Crippen molar-refractivity contribution in [1.29, 1.82) is 0 Å². The van der Waals surface area contributed by atoms with E-state index in [4.69, 9.17) is 4.98 Å². The summed E-state index contributed by atoms with van der Waals surface area (Å²) in [7, 11) is 0. The van der Waals surface area contributed by atoms with Crippen molar-refractivity contribution in [2.45, 2.75) is 59.5 Å². The fourth-order valence-electron chi connectivity index (χ4n) is 3.10. The second-order valence-corrected chi connectivity index (χ2v) is 6.93. The first-order valence-electron chi connectivity index (χ1n) is 9.00. The number of halogens is 1. The third-order valence-electron chi connectivity index (χ3n) is 4.30. The molecule has 2 nitrogen and oxygen atoms in total. The number of hydrogen-bond donors (Lipinski definition) is 1. The van der Waals surface area contributed by atoms with Gasteiger partial charge in [0.25, 0.3) is 0 Å². The number of aliphatic hydroxyl groups excluding tert-OH is 1. The van der Waals surface area contributed by atoms with Gasteiger partial charge in [-0.1, -0.05) is 58.9 Å². The van der Waals surface area contributed by atoms with E-state index in [0.29, 0.717) is 0 Å². The van der Waals surface area contributed by atoms with Crippen molar-refractivity contribution in [1.82, 2.24) is 4.98 Å². The lowest BCUT2D eigenvalue weighted by Crippen LogP contribution is -2.10. The Morgan fingerprint density at radius 3 is 2.12 bits per heavy atom. The molecule has 0 aliphatic heterocycles. The second-order valence-electron chi connectivity index (χ2n) is 6.93. The minimum Gasteiger partial charge on any atom is -0.392 e. The van der Waals surface area contributed by atoms with Crippen LogP contribution >= 0.6 is 0 Å². The standard InChI is InChI=1S/C22H28FNO/c1-6-7-8-18-20(16-9-11-17(23)12-10-16)19(13-25)22(15(4)5)24-21(18)14(2)3/h7-12,14-15,25H,6,13H2,1-5H3/b8-7+. The molecule has 0 aliphatic carbocycles. The Bertz CT molecular complexity index is 746. The first-order chi connectivity index (χ1) is 11.9. The highest BCUT2D eigenvalue weighted by atomic mass is 19.1. The SMILES string of the molecule is CC/C=C/c1c(C(C)C)nc(C(C)C)c(CO)c1-c1ccc(F)cc1. The monoisotopic (exact) mass is 341 g/mol. The molecule has 0 atom stereocenters. The first kappa shape index (κ1) is 19.3. The van der Waals surface area contributed by atoms with Crippen molar-refractivity contribution in [3.05, 3.63) is 58.7 Å². The van der Waals surface area contributed by atoms with Crippen LogP contribution in [0.15, 0.2) is 30.3 Å². The minimum absolute atomic E-state index is 0.0848. The average molecular weight is 341 g/mol. The Hall–Kier alpha value is -2.00. The fourth-order valence-corrected chi connectivity index (χ4v) is 3.10. The number of hydrogen-bond acceptors (Lipinski definition) is 2. The smallest absolute Gasteiger partial charge is 0.123 e. The molecule has 134 valence electrons. The molecule has 2 aromatic rings. The predicted octanol–water partition coefficient (Wildman–Crippen LogP) is 6.05.